The Balaban J connectivity index is 1.08. The van der Waals surface area contributed by atoms with Crippen LogP contribution in [0.15, 0.2) is 48.7 Å². The Kier molecular flexibility index (Phi) is 5.62. The summed E-state index contributed by atoms with van der Waals surface area (Å²) in [5.41, 5.74) is 10.5. The van der Waals surface area contributed by atoms with Crippen LogP contribution in [0.5, 0.6) is 5.75 Å². The molecule has 6 heterocycles. The number of rotatable bonds is 4. The number of nitrogen functional groups attached to an aromatic ring is 1. The molecule has 5 aliphatic rings. The summed E-state index contributed by atoms with van der Waals surface area (Å²) in [5, 5.41) is 18.8. The summed E-state index contributed by atoms with van der Waals surface area (Å²) in [4.78, 5) is 12.0. The Morgan fingerprint density at radius 2 is 1.87 bits per heavy atom. The van der Waals surface area contributed by atoms with E-state index in [1.165, 1.54) is 18.7 Å². The van der Waals surface area contributed by atoms with Gasteiger partial charge in [-0.1, -0.05) is 25.0 Å². The molecular weight excluding hydrogens is 474 g/mol. The summed E-state index contributed by atoms with van der Waals surface area (Å²) in [6, 6.07) is 14.9. The van der Waals surface area contributed by atoms with Crippen LogP contribution < -0.4 is 15.5 Å². The normalized spacial score (nSPS) is 27.7. The van der Waals surface area contributed by atoms with Crippen molar-refractivity contribution in [2.45, 2.75) is 44.3 Å². The predicted octanol–water partition coefficient (Wildman–Crippen LogP) is 3.38. The number of pyridine rings is 1. The second kappa shape index (κ2) is 9.17. The van der Waals surface area contributed by atoms with Crippen molar-refractivity contribution in [1.29, 1.82) is 0 Å². The van der Waals surface area contributed by atoms with Crippen LogP contribution in [0.4, 0.5) is 17.2 Å². The molecule has 0 spiro atoms. The largest absolute Gasteiger partial charge is 0.507 e. The third kappa shape index (κ3) is 3.93. The maximum atomic E-state index is 10.3. The summed E-state index contributed by atoms with van der Waals surface area (Å²) < 4.78 is 0. The third-order valence-electron chi connectivity index (χ3n) is 9.18. The number of hydrogen-bond donors (Lipinski definition) is 2. The molecule has 8 heteroatoms. The number of anilines is 3. The first-order valence-corrected chi connectivity index (χ1v) is 13.7. The fourth-order valence-electron chi connectivity index (χ4n) is 7.07. The lowest BCUT2D eigenvalue weighted by atomic mass is 9.75. The quantitative estimate of drug-likeness (QED) is 0.519. The molecule has 4 saturated heterocycles. The average molecular weight is 508 g/mol. The number of aromatic hydroxyl groups is 1. The van der Waals surface area contributed by atoms with Crippen LogP contribution >= 0.6 is 0 Å². The van der Waals surface area contributed by atoms with E-state index in [1.807, 2.05) is 24.4 Å². The van der Waals surface area contributed by atoms with Crippen LogP contribution in [0.3, 0.4) is 0 Å². The van der Waals surface area contributed by atoms with Gasteiger partial charge in [0.05, 0.1) is 17.9 Å². The Morgan fingerprint density at radius 3 is 2.61 bits per heavy atom. The maximum Gasteiger partial charge on any atom is 0.169 e. The van der Waals surface area contributed by atoms with Gasteiger partial charge in [0, 0.05) is 55.2 Å². The van der Waals surface area contributed by atoms with Gasteiger partial charge in [-0.2, -0.15) is 0 Å². The standard InChI is InChI=1S/C30H33N7O/c1-19-20-13-27(19)35(16-20)12-4-5-21-14-22(10-11-32-21)37-23-8-9-24(37)18-36(17-23)28-15-26(33-34-30(28)31)25-6-2-3-7-29(25)38/h2-3,6-7,10-11,14-15,19-20,23-24,27,38H,8-9,12-13,16-18H2,1H3,(H2,31,34)/t19-,20?,23?,24?,27?/m1/s1. The van der Waals surface area contributed by atoms with E-state index in [-0.39, 0.29) is 5.75 Å². The molecule has 4 bridgehead atoms. The number of hydrogen-bond acceptors (Lipinski definition) is 8. The number of nitrogens with zero attached hydrogens (tertiary/aromatic N) is 6. The first-order chi connectivity index (χ1) is 18.5. The highest BCUT2D eigenvalue weighted by atomic mass is 16.3. The van der Waals surface area contributed by atoms with E-state index in [0.29, 0.717) is 29.2 Å². The third-order valence-corrected chi connectivity index (χ3v) is 9.18. The molecule has 3 aromatic rings. The number of aromatic nitrogens is 3. The highest BCUT2D eigenvalue weighted by Crippen LogP contribution is 2.45. The Hall–Kier alpha value is -3.83. The van der Waals surface area contributed by atoms with Crippen LogP contribution in [-0.2, 0) is 0 Å². The lowest BCUT2D eigenvalue weighted by Crippen LogP contribution is -2.54. The molecular formula is C30H33N7O. The predicted molar refractivity (Wildman–Crippen MR) is 149 cm³/mol. The molecule has 2 aromatic heterocycles. The van der Waals surface area contributed by atoms with Gasteiger partial charge >= 0.3 is 0 Å². The fourth-order valence-corrected chi connectivity index (χ4v) is 7.07. The molecule has 194 valence electrons. The number of phenolic OH excluding ortho intramolecular Hbond substituents is 1. The lowest BCUT2D eigenvalue weighted by Gasteiger charge is -2.43. The Labute approximate surface area is 223 Å². The molecule has 4 aliphatic heterocycles. The average Bonchev–Trinajstić information content (AvgIpc) is 3.58. The number of benzene rings is 1. The van der Waals surface area contributed by atoms with Crippen molar-refractivity contribution in [1.82, 2.24) is 20.1 Å². The number of piperazine rings is 1. The fraction of sp³-hybridized carbons (Fsp3) is 0.433. The number of phenols is 1. The van der Waals surface area contributed by atoms with E-state index < -0.39 is 0 Å². The molecule has 1 aromatic carbocycles. The van der Waals surface area contributed by atoms with Crippen molar-refractivity contribution in [3.05, 3.63) is 54.4 Å². The monoisotopic (exact) mass is 507 g/mol. The van der Waals surface area contributed by atoms with Crippen LogP contribution in [-0.4, -0.2) is 69.5 Å². The van der Waals surface area contributed by atoms with E-state index in [1.54, 1.807) is 12.1 Å². The van der Waals surface area contributed by atoms with Gasteiger partial charge in [-0.25, -0.2) is 4.98 Å². The summed E-state index contributed by atoms with van der Waals surface area (Å²) in [6.45, 7) is 6.12. The van der Waals surface area contributed by atoms with E-state index in [0.717, 1.165) is 61.7 Å². The van der Waals surface area contributed by atoms with Crippen LogP contribution in [0.25, 0.3) is 11.3 Å². The lowest BCUT2D eigenvalue weighted by molar-refractivity contribution is 0.181. The molecule has 0 radical (unpaired) electrons. The van der Waals surface area contributed by atoms with Gasteiger partial charge in [-0.3, -0.25) is 4.90 Å². The highest BCUT2D eigenvalue weighted by molar-refractivity contribution is 5.74. The second-order valence-corrected chi connectivity index (χ2v) is 11.3. The van der Waals surface area contributed by atoms with Gasteiger partial charge < -0.3 is 20.6 Å². The van der Waals surface area contributed by atoms with Gasteiger partial charge in [0.2, 0.25) is 0 Å². The van der Waals surface area contributed by atoms with Crippen LogP contribution in [0, 0.1) is 23.7 Å². The van der Waals surface area contributed by atoms with E-state index in [4.69, 9.17) is 5.73 Å². The SMILES string of the molecule is C[C@@H]1C2CC1N(CC#Cc1cc(N3C4CCC3CN(c3cc(-c5ccccc5O)nnc3N)C4)ccn1)C2. The van der Waals surface area contributed by atoms with Crippen molar-refractivity contribution < 1.29 is 5.11 Å². The topological polar surface area (TPSA) is 94.6 Å². The zero-order valence-electron chi connectivity index (χ0n) is 21.7. The molecule has 1 aliphatic carbocycles. The maximum absolute atomic E-state index is 10.3. The van der Waals surface area contributed by atoms with Crippen LogP contribution in [0.2, 0.25) is 0 Å². The molecule has 4 unspecified atom stereocenters. The van der Waals surface area contributed by atoms with Gasteiger partial charge in [0.15, 0.2) is 5.82 Å². The first-order valence-electron chi connectivity index (χ1n) is 13.7. The van der Waals surface area contributed by atoms with Crippen molar-refractivity contribution in [2.75, 3.05) is 41.7 Å². The molecule has 8 rings (SSSR count). The zero-order valence-corrected chi connectivity index (χ0v) is 21.7. The van der Waals surface area contributed by atoms with Gasteiger partial charge in [0.1, 0.15) is 11.4 Å². The molecule has 3 N–H and O–H groups in total. The van der Waals surface area contributed by atoms with E-state index >= 15 is 0 Å². The molecule has 1 saturated carbocycles. The minimum Gasteiger partial charge on any atom is -0.507 e. The molecule has 38 heavy (non-hydrogen) atoms. The van der Waals surface area contributed by atoms with Crippen LogP contribution in [0.1, 0.15) is 31.9 Å². The minimum atomic E-state index is 0.186. The molecule has 8 nitrogen and oxygen atoms in total. The van der Waals surface area contributed by atoms with Crippen molar-refractivity contribution >= 4 is 17.2 Å². The number of fused-ring (bicyclic) bond motifs is 3. The molecule has 0 amide bonds. The number of para-hydroxylation sites is 1. The Morgan fingerprint density at radius 1 is 1.05 bits per heavy atom. The van der Waals surface area contributed by atoms with Gasteiger partial charge in [-0.05, 0) is 67.4 Å². The molecule has 5 fully saturated rings. The summed E-state index contributed by atoms with van der Waals surface area (Å²) in [6.07, 6.45) is 5.50. The highest BCUT2D eigenvalue weighted by Gasteiger charge is 2.48. The van der Waals surface area contributed by atoms with E-state index in [2.05, 4.69) is 60.8 Å². The minimum absolute atomic E-state index is 0.186. The van der Waals surface area contributed by atoms with Crippen molar-refractivity contribution in [3.8, 4) is 28.8 Å². The van der Waals surface area contributed by atoms with E-state index in [9.17, 15) is 5.11 Å². The smallest absolute Gasteiger partial charge is 0.169 e. The zero-order chi connectivity index (χ0) is 25.8. The molecule has 5 atom stereocenters. The van der Waals surface area contributed by atoms with Crippen molar-refractivity contribution in [3.63, 3.8) is 0 Å². The first kappa shape index (κ1) is 23.3. The number of nitrogens with two attached hydrogens (primary N) is 1. The second-order valence-electron chi connectivity index (χ2n) is 11.3. The van der Waals surface area contributed by atoms with Gasteiger partial charge in [-0.15, -0.1) is 10.2 Å². The van der Waals surface area contributed by atoms with Gasteiger partial charge in [0.25, 0.3) is 0 Å². The summed E-state index contributed by atoms with van der Waals surface area (Å²) in [5.74, 6) is 9.04. The summed E-state index contributed by atoms with van der Waals surface area (Å²) >= 11 is 0. The Bertz CT molecular complexity index is 1420. The van der Waals surface area contributed by atoms with Crippen molar-refractivity contribution in [2.24, 2.45) is 11.8 Å². The summed E-state index contributed by atoms with van der Waals surface area (Å²) in [7, 11) is 0.